The number of fused-ring (bicyclic) bond motifs is 1. The number of guanidine groups is 1. The lowest BCUT2D eigenvalue weighted by Gasteiger charge is -2.36. The molecule has 0 unspecified atom stereocenters. The van der Waals surface area contributed by atoms with E-state index in [0.29, 0.717) is 6.79 Å². The van der Waals surface area contributed by atoms with Gasteiger partial charge in [0, 0.05) is 64.6 Å². The minimum atomic E-state index is 0.322. The molecule has 1 saturated heterocycles. The summed E-state index contributed by atoms with van der Waals surface area (Å²) < 4.78 is 12.9. The van der Waals surface area contributed by atoms with Crippen LogP contribution in [0.3, 0.4) is 0 Å². The molecule has 8 nitrogen and oxygen atoms in total. The van der Waals surface area contributed by atoms with Crippen molar-refractivity contribution < 1.29 is 9.47 Å². The van der Waals surface area contributed by atoms with E-state index >= 15 is 0 Å². The third kappa shape index (κ3) is 4.63. The Morgan fingerprint density at radius 3 is 2.58 bits per heavy atom. The number of benzene rings is 1. The zero-order valence-corrected chi connectivity index (χ0v) is 19.1. The van der Waals surface area contributed by atoms with Crippen LogP contribution in [-0.2, 0) is 33.0 Å². The number of aryl methyl sites for hydroxylation is 2. The zero-order valence-electron chi connectivity index (χ0n) is 19.1. The summed E-state index contributed by atoms with van der Waals surface area (Å²) in [5.74, 6) is 2.67. The molecule has 1 fully saturated rings. The van der Waals surface area contributed by atoms with Crippen molar-refractivity contribution in [2.45, 2.75) is 39.8 Å². The molecule has 31 heavy (non-hydrogen) atoms. The molecule has 2 aliphatic heterocycles. The van der Waals surface area contributed by atoms with Gasteiger partial charge in [0.2, 0.25) is 6.79 Å². The van der Waals surface area contributed by atoms with Crippen molar-refractivity contribution in [3.8, 4) is 11.5 Å². The van der Waals surface area contributed by atoms with E-state index in [2.05, 4.69) is 51.2 Å². The fourth-order valence-corrected chi connectivity index (χ4v) is 4.51. The van der Waals surface area contributed by atoms with Crippen molar-refractivity contribution in [2.24, 2.45) is 12.0 Å². The van der Waals surface area contributed by atoms with Crippen LogP contribution in [0.25, 0.3) is 0 Å². The summed E-state index contributed by atoms with van der Waals surface area (Å²) in [6.07, 6.45) is 1.93. The summed E-state index contributed by atoms with van der Waals surface area (Å²) in [5.41, 5.74) is 5.05. The number of rotatable bonds is 6. The van der Waals surface area contributed by atoms with Gasteiger partial charge >= 0.3 is 0 Å². The number of nitrogens with one attached hydrogen (secondary N) is 1. The van der Waals surface area contributed by atoms with E-state index in [-0.39, 0.29) is 0 Å². The fourth-order valence-electron chi connectivity index (χ4n) is 4.51. The highest BCUT2D eigenvalue weighted by atomic mass is 16.7. The van der Waals surface area contributed by atoms with Gasteiger partial charge in [-0.05, 0) is 30.5 Å². The van der Waals surface area contributed by atoms with Gasteiger partial charge in [0.15, 0.2) is 17.5 Å². The molecule has 4 rings (SSSR count). The largest absolute Gasteiger partial charge is 0.454 e. The van der Waals surface area contributed by atoms with Gasteiger partial charge in [-0.3, -0.25) is 14.6 Å². The minimum absolute atomic E-state index is 0.322. The standard InChI is InChI=1S/C23H34N6O2/c1-5-19-18(20(6-2)27(4)26-19)14-25-23(24-3)29-11-9-28(10-12-29)15-17-7-8-21-22(13-17)31-16-30-21/h7-8,13H,5-6,9-12,14-16H2,1-4H3,(H,24,25). The fraction of sp³-hybridized carbons (Fsp3) is 0.565. The third-order valence-electron chi connectivity index (χ3n) is 6.18. The molecule has 0 bridgehead atoms. The SMILES string of the molecule is CCc1nn(C)c(CC)c1CNC(=NC)N1CCN(Cc2ccc3c(c2)OCO3)CC1. The first-order valence-corrected chi connectivity index (χ1v) is 11.2. The lowest BCUT2D eigenvalue weighted by Crippen LogP contribution is -2.52. The monoisotopic (exact) mass is 426 g/mol. The molecule has 0 radical (unpaired) electrons. The predicted molar refractivity (Wildman–Crippen MR) is 122 cm³/mol. The number of hydrogen-bond donors (Lipinski definition) is 1. The molecule has 0 aliphatic carbocycles. The second-order valence-electron chi connectivity index (χ2n) is 8.05. The molecule has 0 saturated carbocycles. The molecule has 0 atom stereocenters. The topological polar surface area (TPSA) is 67.2 Å². The molecule has 1 aromatic heterocycles. The van der Waals surface area contributed by atoms with Crippen LogP contribution < -0.4 is 14.8 Å². The summed E-state index contributed by atoms with van der Waals surface area (Å²) in [6, 6.07) is 6.23. The highest BCUT2D eigenvalue weighted by molar-refractivity contribution is 5.80. The molecular weight excluding hydrogens is 392 g/mol. The van der Waals surface area contributed by atoms with E-state index in [9.17, 15) is 0 Å². The highest BCUT2D eigenvalue weighted by Crippen LogP contribution is 2.32. The molecule has 0 amide bonds. The van der Waals surface area contributed by atoms with Gasteiger partial charge in [0.05, 0.1) is 5.69 Å². The Labute approximate surface area is 184 Å². The van der Waals surface area contributed by atoms with E-state index in [1.54, 1.807) is 0 Å². The van der Waals surface area contributed by atoms with Gasteiger partial charge in [-0.2, -0.15) is 5.10 Å². The van der Waals surface area contributed by atoms with Crippen LogP contribution in [0, 0.1) is 0 Å². The van der Waals surface area contributed by atoms with E-state index in [0.717, 1.165) is 69.6 Å². The van der Waals surface area contributed by atoms with Gasteiger partial charge in [-0.1, -0.05) is 19.9 Å². The second kappa shape index (κ2) is 9.60. The first-order chi connectivity index (χ1) is 15.1. The van der Waals surface area contributed by atoms with Crippen LogP contribution in [0.2, 0.25) is 0 Å². The van der Waals surface area contributed by atoms with Crippen LogP contribution in [0.5, 0.6) is 11.5 Å². The summed E-state index contributed by atoms with van der Waals surface area (Å²) in [6.45, 7) is 10.3. The summed E-state index contributed by atoms with van der Waals surface area (Å²) in [5, 5.41) is 8.27. The lowest BCUT2D eigenvalue weighted by atomic mass is 10.1. The molecule has 168 valence electrons. The zero-order chi connectivity index (χ0) is 21.8. The minimum Gasteiger partial charge on any atom is -0.454 e. The molecular formula is C23H34N6O2. The van der Waals surface area contributed by atoms with E-state index in [4.69, 9.17) is 9.47 Å². The number of aromatic nitrogens is 2. The van der Waals surface area contributed by atoms with Crippen LogP contribution in [0.4, 0.5) is 0 Å². The van der Waals surface area contributed by atoms with Gasteiger partial charge in [0.1, 0.15) is 0 Å². The lowest BCUT2D eigenvalue weighted by molar-refractivity contribution is 0.171. The Hall–Kier alpha value is -2.74. The summed E-state index contributed by atoms with van der Waals surface area (Å²) >= 11 is 0. The predicted octanol–water partition coefficient (Wildman–Crippen LogP) is 2.17. The van der Waals surface area contributed by atoms with Crippen molar-refractivity contribution in [3.63, 3.8) is 0 Å². The second-order valence-corrected chi connectivity index (χ2v) is 8.05. The molecule has 3 heterocycles. The first-order valence-electron chi connectivity index (χ1n) is 11.2. The van der Waals surface area contributed by atoms with Gasteiger partial charge in [0.25, 0.3) is 0 Å². The number of piperazine rings is 1. The molecule has 2 aromatic rings. The van der Waals surface area contributed by atoms with E-state index in [1.165, 1.54) is 22.5 Å². The Morgan fingerprint density at radius 1 is 1.10 bits per heavy atom. The Morgan fingerprint density at radius 2 is 1.87 bits per heavy atom. The Bertz CT molecular complexity index is 930. The number of ether oxygens (including phenoxy) is 2. The summed E-state index contributed by atoms with van der Waals surface area (Å²) in [7, 11) is 3.90. The maximum absolute atomic E-state index is 5.51. The highest BCUT2D eigenvalue weighted by Gasteiger charge is 2.22. The molecule has 1 aromatic carbocycles. The van der Waals surface area contributed by atoms with Crippen molar-refractivity contribution >= 4 is 5.96 Å². The smallest absolute Gasteiger partial charge is 0.231 e. The maximum Gasteiger partial charge on any atom is 0.231 e. The number of nitrogens with zero attached hydrogens (tertiary/aromatic N) is 5. The summed E-state index contributed by atoms with van der Waals surface area (Å²) in [4.78, 5) is 9.38. The number of hydrogen-bond acceptors (Lipinski definition) is 5. The van der Waals surface area contributed by atoms with Crippen molar-refractivity contribution in [3.05, 3.63) is 40.7 Å². The van der Waals surface area contributed by atoms with Crippen molar-refractivity contribution in [2.75, 3.05) is 40.0 Å². The third-order valence-corrected chi connectivity index (χ3v) is 6.18. The van der Waals surface area contributed by atoms with Crippen molar-refractivity contribution in [1.82, 2.24) is 24.9 Å². The van der Waals surface area contributed by atoms with Crippen LogP contribution >= 0.6 is 0 Å². The van der Waals surface area contributed by atoms with Gasteiger partial charge in [-0.15, -0.1) is 0 Å². The number of aliphatic imine (C=N–C) groups is 1. The Balaban J connectivity index is 1.31. The van der Waals surface area contributed by atoms with Crippen molar-refractivity contribution in [1.29, 1.82) is 0 Å². The quantitative estimate of drug-likeness (QED) is 0.564. The average molecular weight is 427 g/mol. The van der Waals surface area contributed by atoms with Crippen LogP contribution in [0.1, 0.15) is 36.4 Å². The molecule has 8 heteroatoms. The van der Waals surface area contributed by atoms with E-state index in [1.807, 2.05) is 24.8 Å². The maximum atomic E-state index is 5.51. The van der Waals surface area contributed by atoms with Crippen LogP contribution in [-0.4, -0.2) is 65.6 Å². The van der Waals surface area contributed by atoms with Gasteiger partial charge in [-0.25, -0.2) is 0 Å². The van der Waals surface area contributed by atoms with Crippen LogP contribution in [0.15, 0.2) is 23.2 Å². The average Bonchev–Trinajstić information content (AvgIpc) is 3.38. The Kier molecular flexibility index (Phi) is 6.65. The van der Waals surface area contributed by atoms with E-state index < -0.39 is 0 Å². The molecule has 2 aliphatic rings. The normalized spacial score (nSPS) is 16.8. The first kappa shape index (κ1) is 21.5. The molecule has 0 spiro atoms. The molecule has 1 N–H and O–H groups in total. The van der Waals surface area contributed by atoms with Gasteiger partial charge < -0.3 is 19.7 Å².